The summed E-state index contributed by atoms with van der Waals surface area (Å²) in [5.74, 6) is 0. The zero-order chi connectivity index (χ0) is 20.3. The molecule has 0 bridgehead atoms. The van der Waals surface area contributed by atoms with Crippen molar-refractivity contribution in [3.05, 3.63) is 114 Å². The van der Waals surface area contributed by atoms with Crippen LogP contribution in [0.2, 0.25) is 0 Å². The lowest BCUT2D eigenvalue weighted by Gasteiger charge is -2.22. The van der Waals surface area contributed by atoms with E-state index in [0.29, 0.717) is 0 Å². The van der Waals surface area contributed by atoms with Crippen LogP contribution in [0.4, 0.5) is 0 Å². The van der Waals surface area contributed by atoms with E-state index in [-0.39, 0.29) is 0 Å². The maximum atomic E-state index is 2.51. The summed E-state index contributed by atoms with van der Waals surface area (Å²) in [7, 11) is 0. The molecule has 1 heteroatoms. The average molecular weight is 389 g/mol. The van der Waals surface area contributed by atoms with Crippen molar-refractivity contribution in [2.45, 2.75) is 26.3 Å². The van der Waals surface area contributed by atoms with Crippen molar-refractivity contribution >= 4 is 0 Å². The number of benzene rings is 3. The van der Waals surface area contributed by atoms with Crippen LogP contribution in [0.3, 0.4) is 0 Å². The van der Waals surface area contributed by atoms with Crippen LogP contribution in [0.5, 0.6) is 0 Å². The predicted octanol–water partition coefficient (Wildman–Crippen LogP) is 6.65. The van der Waals surface area contributed by atoms with Crippen LogP contribution in [0.1, 0.15) is 18.1 Å². The van der Waals surface area contributed by atoms with Crippen LogP contribution in [0.15, 0.2) is 103 Å². The molecule has 4 aromatic rings. The van der Waals surface area contributed by atoms with E-state index in [1.165, 1.54) is 44.8 Å². The molecule has 30 heavy (non-hydrogen) atoms. The molecule has 146 valence electrons. The van der Waals surface area contributed by atoms with Gasteiger partial charge in [0, 0.05) is 22.8 Å². The molecule has 1 heterocycles. The minimum absolute atomic E-state index is 0.868. The van der Waals surface area contributed by atoms with Crippen molar-refractivity contribution in [3.63, 3.8) is 0 Å². The van der Waals surface area contributed by atoms with E-state index >= 15 is 0 Å². The summed E-state index contributed by atoms with van der Waals surface area (Å²) in [6.45, 7) is 2.97. The van der Waals surface area contributed by atoms with E-state index in [1.807, 2.05) is 0 Å². The molecule has 0 fully saturated rings. The predicted molar refractivity (Wildman–Crippen MR) is 125 cm³/mol. The molecular formula is C29H26N+. The number of fused-ring (bicyclic) bond motifs is 3. The molecule has 0 amide bonds. The highest BCUT2D eigenvalue weighted by molar-refractivity contribution is 5.80. The van der Waals surface area contributed by atoms with Crippen molar-refractivity contribution in [3.8, 4) is 33.6 Å². The van der Waals surface area contributed by atoms with Gasteiger partial charge in [-0.05, 0) is 60.7 Å². The van der Waals surface area contributed by atoms with E-state index in [1.54, 1.807) is 0 Å². The van der Waals surface area contributed by atoms with Crippen molar-refractivity contribution < 1.29 is 4.57 Å². The highest BCUT2D eigenvalue weighted by atomic mass is 15.0. The number of pyridine rings is 1. The summed E-state index contributed by atoms with van der Waals surface area (Å²) in [6, 6.07) is 33.0. The Labute approximate surface area is 179 Å². The Morgan fingerprint density at radius 1 is 0.733 bits per heavy atom. The highest BCUT2D eigenvalue weighted by Gasteiger charge is 2.31. The molecule has 0 saturated heterocycles. The standard InChI is InChI=1S/C29H26N/c1-2-3-20-30-28(24-15-8-5-9-16-24)21-27(22-12-6-4-7-13-22)26-19-18-23-14-10-11-17-25(23)29(26)30/h2-17,21H,18-20H2,1H3/q+1. The summed E-state index contributed by atoms with van der Waals surface area (Å²) < 4.78 is 2.51. The summed E-state index contributed by atoms with van der Waals surface area (Å²) in [4.78, 5) is 0. The third-order valence-corrected chi connectivity index (χ3v) is 6.05. The smallest absolute Gasteiger partial charge is 0.187 e. The number of hydrogen-bond acceptors (Lipinski definition) is 0. The van der Waals surface area contributed by atoms with Crippen LogP contribution < -0.4 is 4.57 Å². The summed E-state index contributed by atoms with van der Waals surface area (Å²) in [5.41, 5.74) is 10.8. The van der Waals surface area contributed by atoms with Gasteiger partial charge < -0.3 is 0 Å². The van der Waals surface area contributed by atoms with Gasteiger partial charge in [-0.25, -0.2) is 0 Å². The normalized spacial score (nSPS) is 12.6. The molecule has 0 radical (unpaired) electrons. The second-order valence-corrected chi connectivity index (χ2v) is 7.84. The van der Waals surface area contributed by atoms with E-state index in [4.69, 9.17) is 0 Å². The van der Waals surface area contributed by atoms with Crippen LogP contribution in [0.25, 0.3) is 33.6 Å². The molecular weight excluding hydrogens is 362 g/mol. The number of rotatable bonds is 4. The largest absolute Gasteiger partial charge is 0.217 e. The van der Waals surface area contributed by atoms with Crippen molar-refractivity contribution in [2.75, 3.05) is 0 Å². The zero-order valence-corrected chi connectivity index (χ0v) is 17.4. The molecule has 5 rings (SSSR count). The molecule has 1 aliphatic rings. The number of nitrogens with zero attached hydrogens (tertiary/aromatic N) is 1. The van der Waals surface area contributed by atoms with Gasteiger partial charge in [0.05, 0.1) is 0 Å². The fourth-order valence-corrected chi connectivity index (χ4v) is 4.63. The quantitative estimate of drug-likeness (QED) is 0.272. The third kappa shape index (κ3) is 3.27. The first-order valence-electron chi connectivity index (χ1n) is 10.8. The average Bonchev–Trinajstić information content (AvgIpc) is 2.83. The van der Waals surface area contributed by atoms with Crippen LogP contribution in [-0.2, 0) is 19.4 Å². The zero-order valence-electron chi connectivity index (χ0n) is 17.4. The minimum Gasteiger partial charge on any atom is -0.187 e. The van der Waals surface area contributed by atoms with Gasteiger partial charge in [0.15, 0.2) is 6.54 Å². The van der Waals surface area contributed by atoms with Crippen molar-refractivity contribution in [1.82, 2.24) is 0 Å². The van der Waals surface area contributed by atoms with Gasteiger partial charge in [-0.15, -0.1) is 0 Å². The molecule has 0 atom stereocenters. The van der Waals surface area contributed by atoms with Crippen molar-refractivity contribution in [2.24, 2.45) is 0 Å². The SMILES string of the molecule is CC=CC[n+]1c(-c2ccccc2)cc(-c2ccccc2)c2c1-c1ccccc1CC2. The number of allylic oxidation sites excluding steroid dienone is 2. The van der Waals surface area contributed by atoms with Gasteiger partial charge in [0.2, 0.25) is 11.4 Å². The van der Waals surface area contributed by atoms with E-state index < -0.39 is 0 Å². The molecule has 3 aromatic carbocycles. The van der Waals surface area contributed by atoms with E-state index in [2.05, 4.69) is 115 Å². The van der Waals surface area contributed by atoms with Gasteiger partial charge in [-0.1, -0.05) is 72.8 Å². The Bertz CT molecular complexity index is 1200. The number of hydrogen-bond donors (Lipinski definition) is 0. The Morgan fingerprint density at radius 3 is 2.13 bits per heavy atom. The molecule has 0 unspecified atom stereocenters. The topological polar surface area (TPSA) is 3.88 Å². The lowest BCUT2D eigenvalue weighted by atomic mass is 9.83. The molecule has 1 aromatic heterocycles. The first-order chi connectivity index (χ1) is 14.9. The van der Waals surface area contributed by atoms with Gasteiger partial charge in [-0.2, -0.15) is 4.57 Å². The highest BCUT2D eigenvalue weighted by Crippen LogP contribution is 2.39. The lowest BCUT2D eigenvalue weighted by molar-refractivity contribution is -0.665. The monoisotopic (exact) mass is 388 g/mol. The first kappa shape index (κ1) is 18.6. The maximum Gasteiger partial charge on any atom is 0.217 e. The van der Waals surface area contributed by atoms with Crippen LogP contribution in [0, 0.1) is 0 Å². The molecule has 0 spiro atoms. The second-order valence-electron chi connectivity index (χ2n) is 7.84. The number of aryl methyl sites for hydroxylation is 1. The Kier molecular flexibility index (Phi) is 5.03. The molecule has 1 nitrogen and oxygen atoms in total. The molecule has 1 aliphatic carbocycles. The fourth-order valence-electron chi connectivity index (χ4n) is 4.63. The lowest BCUT2D eigenvalue weighted by Crippen LogP contribution is -2.40. The molecule has 0 aliphatic heterocycles. The maximum absolute atomic E-state index is 2.51. The Balaban J connectivity index is 1.88. The van der Waals surface area contributed by atoms with E-state index in [0.717, 1.165) is 19.4 Å². The molecule has 0 N–H and O–H groups in total. The van der Waals surface area contributed by atoms with Gasteiger partial charge in [-0.3, -0.25) is 0 Å². The van der Waals surface area contributed by atoms with Gasteiger partial charge in [0.25, 0.3) is 0 Å². The van der Waals surface area contributed by atoms with Gasteiger partial charge >= 0.3 is 0 Å². The summed E-state index contributed by atoms with van der Waals surface area (Å²) >= 11 is 0. The van der Waals surface area contributed by atoms with Crippen LogP contribution in [-0.4, -0.2) is 0 Å². The Morgan fingerprint density at radius 2 is 1.40 bits per heavy atom. The second kappa shape index (κ2) is 8.12. The summed E-state index contributed by atoms with van der Waals surface area (Å²) in [5, 5.41) is 0. The van der Waals surface area contributed by atoms with Crippen molar-refractivity contribution in [1.29, 1.82) is 0 Å². The summed E-state index contributed by atoms with van der Waals surface area (Å²) in [6.07, 6.45) is 6.57. The fraction of sp³-hybridized carbons (Fsp3) is 0.138. The van der Waals surface area contributed by atoms with Crippen LogP contribution >= 0.6 is 0 Å². The molecule has 0 saturated carbocycles. The third-order valence-electron chi connectivity index (χ3n) is 6.05. The van der Waals surface area contributed by atoms with Gasteiger partial charge in [0.1, 0.15) is 0 Å². The number of aromatic nitrogens is 1. The van der Waals surface area contributed by atoms with E-state index in [9.17, 15) is 0 Å². The first-order valence-corrected chi connectivity index (χ1v) is 10.8. The minimum atomic E-state index is 0.868. The Hall–Kier alpha value is -3.45.